The number of nitrogens with zero attached hydrogens (tertiary/aromatic N) is 3. The Kier molecular flexibility index (Phi) is 3.36. The quantitative estimate of drug-likeness (QED) is 0.669. The minimum atomic E-state index is -0.316. The predicted octanol–water partition coefficient (Wildman–Crippen LogP) is 4.08. The van der Waals surface area contributed by atoms with Gasteiger partial charge in [-0.1, -0.05) is 0 Å². The highest BCUT2D eigenvalue weighted by Crippen LogP contribution is 2.25. The molecule has 0 atom stereocenters. The maximum absolute atomic E-state index is 13.7. The van der Waals surface area contributed by atoms with Crippen LogP contribution in [0.15, 0.2) is 36.4 Å². The van der Waals surface area contributed by atoms with Crippen molar-refractivity contribution in [3.8, 4) is 11.8 Å². The maximum atomic E-state index is 13.7. The number of hydrogen-bond donors (Lipinski definition) is 0. The number of aryl methyl sites for hydroxylation is 1. The topological polar surface area (TPSA) is 41.6 Å². The fourth-order valence-corrected chi connectivity index (χ4v) is 2.60. The van der Waals surface area contributed by atoms with E-state index in [1.165, 1.54) is 12.1 Å². The van der Waals surface area contributed by atoms with Crippen LogP contribution >= 0.6 is 11.6 Å². The van der Waals surface area contributed by atoms with E-state index in [0.29, 0.717) is 17.1 Å². The molecule has 0 amide bonds. The Labute approximate surface area is 126 Å². The predicted molar refractivity (Wildman–Crippen MR) is 80.0 cm³/mol. The van der Waals surface area contributed by atoms with Crippen molar-refractivity contribution in [2.75, 3.05) is 0 Å². The number of nitriles is 1. The molecule has 0 aliphatic heterocycles. The first-order valence-electron chi connectivity index (χ1n) is 6.37. The normalized spacial score (nSPS) is 10.8. The molecule has 2 aromatic carbocycles. The summed E-state index contributed by atoms with van der Waals surface area (Å²) in [5.74, 6) is 0.502. The van der Waals surface area contributed by atoms with Gasteiger partial charge in [-0.2, -0.15) is 5.26 Å². The van der Waals surface area contributed by atoms with Crippen molar-refractivity contribution in [3.63, 3.8) is 0 Å². The van der Waals surface area contributed by atoms with Crippen molar-refractivity contribution >= 4 is 22.6 Å². The molecule has 0 radical (unpaired) electrons. The van der Waals surface area contributed by atoms with Gasteiger partial charge in [-0.05, 0) is 48.9 Å². The van der Waals surface area contributed by atoms with Crippen LogP contribution in [0.4, 0.5) is 4.39 Å². The second-order valence-corrected chi connectivity index (χ2v) is 5.07. The number of benzene rings is 2. The molecule has 104 valence electrons. The van der Waals surface area contributed by atoms with E-state index < -0.39 is 0 Å². The molecule has 0 bridgehead atoms. The molecule has 0 N–H and O–H groups in total. The van der Waals surface area contributed by atoms with E-state index in [9.17, 15) is 4.39 Å². The molecular weight excluding hydrogens is 289 g/mol. The van der Waals surface area contributed by atoms with E-state index in [4.69, 9.17) is 16.9 Å². The van der Waals surface area contributed by atoms with Gasteiger partial charge in [0.25, 0.3) is 0 Å². The van der Waals surface area contributed by atoms with Gasteiger partial charge in [-0.25, -0.2) is 9.37 Å². The van der Waals surface area contributed by atoms with Crippen LogP contribution < -0.4 is 0 Å². The van der Waals surface area contributed by atoms with Gasteiger partial charge < -0.3 is 0 Å². The van der Waals surface area contributed by atoms with Crippen LogP contribution in [0.25, 0.3) is 16.7 Å². The number of halogens is 2. The summed E-state index contributed by atoms with van der Waals surface area (Å²) in [6.45, 7) is 1.83. The summed E-state index contributed by atoms with van der Waals surface area (Å²) in [7, 11) is 0. The molecule has 0 aliphatic rings. The summed E-state index contributed by atoms with van der Waals surface area (Å²) < 4.78 is 15.5. The smallest absolute Gasteiger partial charge is 0.129 e. The highest BCUT2D eigenvalue weighted by molar-refractivity contribution is 6.17. The average molecular weight is 300 g/mol. The first kappa shape index (κ1) is 13.6. The van der Waals surface area contributed by atoms with E-state index in [1.54, 1.807) is 22.8 Å². The lowest BCUT2D eigenvalue weighted by molar-refractivity contribution is 0.625. The first-order valence-corrected chi connectivity index (χ1v) is 6.91. The van der Waals surface area contributed by atoms with Crippen molar-refractivity contribution in [1.82, 2.24) is 9.55 Å². The Morgan fingerprint density at radius 2 is 2.10 bits per heavy atom. The molecular formula is C16H11ClFN3. The van der Waals surface area contributed by atoms with Gasteiger partial charge in [0.2, 0.25) is 0 Å². The lowest BCUT2D eigenvalue weighted by atomic mass is 10.2. The van der Waals surface area contributed by atoms with Crippen molar-refractivity contribution in [3.05, 3.63) is 59.2 Å². The molecule has 3 nitrogen and oxygen atoms in total. The van der Waals surface area contributed by atoms with Crippen LogP contribution in [0.2, 0.25) is 0 Å². The van der Waals surface area contributed by atoms with Crippen molar-refractivity contribution in [1.29, 1.82) is 5.26 Å². The van der Waals surface area contributed by atoms with Crippen LogP contribution in [-0.4, -0.2) is 9.55 Å². The molecule has 3 aromatic rings. The zero-order chi connectivity index (χ0) is 15.0. The number of hydrogen-bond acceptors (Lipinski definition) is 2. The molecule has 3 rings (SSSR count). The lowest BCUT2D eigenvalue weighted by Crippen LogP contribution is -2.00. The largest absolute Gasteiger partial charge is 0.295 e. The number of alkyl halides is 1. The molecule has 0 unspecified atom stereocenters. The lowest BCUT2D eigenvalue weighted by Gasteiger charge is -2.09. The van der Waals surface area contributed by atoms with Crippen molar-refractivity contribution < 1.29 is 4.39 Å². The van der Waals surface area contributed by atoms with Gasteiger partial charge in [0.15, 0.2) is 0 Å². The van der Waals surface area contributed by atoms with Gasteiger partial charge in [-0.3, -0.25) is 4.57 Å². The zero-order valence-electron chi connectivity index (χ0n) is 11.3. The molecule has 5 heteroatoms. The third-order valence-corrected chi connectivity index (χ3v) is 3.50. The molecule has 0 spiro atoms. The van der Waals surface area contributed by atoms with E-state index in [1.807, 2.05) is 13.0 Å². The molecule has 21 heavy (non-hydrogen) atoms. The van der Waals surface area contributed by atoms with Crippen LogP contribution in [-0.2, 0) is 5.88 Å². The Morgan fingerprint density at radius 3 is 2.76 bits per heavy atom. The fraction of sp³-hybridized carbons (Fsp3) is 0.125. The summed E-state index contributed by atoms with van der Waals surface area (Å²) in [6.07, 6.45) is 0. The van der Waals surface area contributed by atoms with Crippen molar-refractivity contribution in [2.24, 2.45) is 0 Å². The van der Waals surface area contributed by atoms with E-state index in [-0.39, 0.29) is 11.7 Å². The monoisotopic (exact) mass is 299 g/mol. The Morgan fingerprint density at radius 1 is 1.29 bits per heavy atom. The molecule has 0 saturated heterocycles. The molecule has 0 fully saturated rings. The van der Waals surface area contributed by atoms with Crippen LogP contribution in [0.3, 0.4) is 0 Å². The van der Waals surface area contributed by atoms with Crippen LogP contribution in [0.1, 0.15) is 17.0 Å². The summed E-state index contributed by atoms with van der Waals surface area (Å²) >= 11 is 5.96. The third-order valence-electron chi connectivity index (χ3n) is 3.26. The second kappa shape index (κ2) is 5.19. The summed E-state index contributed by atoms with van der Waals surface area (Å²) in [5, 5.41) is 9.05. The minimum absolute atomic E-state index is 0.201. The number of imidazole rings is 1. The second-order valence-electron chi connectivity index (χ2n) is 4.80. The average Bonchev–Trinajstić information content (AvgIpc) is 2.83. The van der Waals surface area contributed by atoms with E-state index in [0.717, 1.165) is 16.6 Å². The van der Waals surface area contributed by atoms with Gasteiger partial charge >= 0.3 is 0 Å². The van der Waals surface area contributed by atoms with Gasteiger partial charge in [0.1, 0.15) is 11.6 Å². The Bertz CT molecular complexity index is 857. The third kappa shape index (κ3) is 2.37. The number of rotatable bonds is 2. The fourth-order valence-electron chi connectivity index (χ4n) is 2.42. The zero-order valence-corrected chi connectivity index (χ0v) is 12.0. The highest BCUT2D eigenvalue weighted by atomic mass is 35.5. The maximum Gasteiger partial charge on any atom is 0.129 e. The summed E-state index contributed by atoms with van der Waals surface area (Å²) in [5.41, 5.74) is 3.46. The van der Waals surface area contributed by atoms with E-state index >= 15 is 0 Å². The summed E-state index contributed by atoms with van der Waals surface area (Å²) in [6, 6.07) is 12.1. The number of aromatic nitrogens is 2. The molecule has 0 aliphatic carbocycles. The molecule has 0 saturated carbocycles. The van der Waals surface area contributed by atoms with Crippen molar-refractivity contribution in [2.45, 2.75) is 12.8 Å². The van der Waals surface area contributed by atoms with Gasteiger partial charge in [0.05, 0.1) is 34.2 Å². The van der Waals surface area contributed by atoms with E-state index in [2.05, 4.69) is 11.1 Å². The molecule has 1 heterocycles. The number of fused-ring (bicyclic) bond motifs is 1. The standard InChI is InChI=1S/C16H11ClFN3/c1-10-4-12(18)7-13(5-10)21-15-6-11(9-19)2-3-14(15)20-16(21)8-17/h2-7H,8H2,1H3. The van der Waals surface area contributed by atoms with Crippen LogP contribution in [0.5, 0.6) is 0 Å². The Balaban J connectivity index is 2.36. The highest BCUT2D eigenvalue weighted by Gasteiger charge is 2.13. The molecule has 1 aromatic heterocycles. The first-order chi connectivity index (χ1) is 10.1. The SMILES string of the molecule is Cc1cc(F)cc(-n2c(CCl)nc3ccc(C#N)cc32)c1. The Hall–Kier alpha value is -2.38. The van der Waals surface area contributed by atoms with Gasteiger partial charge in [-0.15, -0.1) is 11.6 Å². The van der Waals surface area contributed by atoms with Crippen LogP contribution in [0, 0.1) is 24.1 Å². The summed E-state index contributed by atoms with van der Waals surface area (Å²) in [4.78, 5) is 4.44. The minimum Gasteiger partial charge on any atom is -0.295 e. The van der Waals surface area contributed by atoms with Gasteiger partial charge in [0, 0.05) is 0 Å².